The van der Waals surface area contributed by atoms with Crippen LogP contribution in [0.15, 0.2) is 24.3 Å². The quantitative estimate of drug-likeness (QED) is 0.825. The van der Waals surface area contributed by atoms with E-state index in [9.17, 15) is 22.8 Å². The zero-order chi connectivity index (χ0) is 20.9. The zero-order valence-electron chi connectivity index (χ0n) is 15.6. The van der Waals surface area contributed by atoms with E-state index in [-0.39, 0.29) is 42.7 Å². The molecule has 2 N–H and O–H groups in total. The van der Waals surface area contributed by atoms with Crippen LogP contribution in [0.4, 0.5) is 18.9 Å². The number of hydrogen-bond acceptors (Lipinski definition) is 4. The largest absolute Gasteiger partial charge is 0.490 e. The summed E-state index contributed by atoms with van der Waals surface area (Å²) in [5, 5.41) is 0. The van der Waals surface area contributed by atoms with Crippen molar-refractivity contribution in [1.29, 1.82) is 0 Å². The molecule has 4 rings (SSSR count). The number of primary amides is 1. The number of rotatable bonds is 2. The second kappa shape index (κ2) is 6.78. The molecule has 0 saturated carbocycles. The Hall–Kier alpha value is -3.04. The summed E-state index contributed by atoms with van der Waals surface area (Å²) < 4.78 is 47.0. The first-order chi connectivity index (χ1) is 13.7. The molecule has 2 aromatic rings. The topological polar surface area (TPSA) is 90.5 Å². The number of anilines is 1. The van der Waals surface area contributed by atoms with E-state index in [2.05, 4.69) is 4.98 Å². The van der Waals surface area contributed by atoms with Crippen molar-refractivity contribution >= 4 is 17.5 Å². The summed E-state index contributed by atoms with van der Waals surface area (Å²) in [4.78, 5) is 30.6. The predicted octanol–water partition coefficient (Wildman–Crippen LogP) is 2.25. The Morgan fingerprint density at radius 2 is 2.03 bits per heavy atom. The van der Waals surface area contributed by atoms with Gasteiger partial charge in [-0.25, -0.2) is 4.98 Å². The lowest BCUT2D eigenvalue weighted by Gasteiger charge is -2.28. The standard InChI is InChI=1S/C19H19F3N4O3/c1-25-12-4-2-3-5-14(12)29-9-11(18(25)28)17-24-15(16(23)27)13-8-10(19(20,21)22)6-7-26(13)17/h2-5,10-11H,6-9H2,1H3,(H2,23,27)/t10?,11-/m1/s1. The molecule has 0 spiro atoms. The number of benzene rings is 1. The molecule has 7 nitrogen and oxygen atoms in total. The third kappa shape index (κ3) is 3.22. The van der Waals surface area contributed by atoms with Crippen LogP contribution in [0.3, 0.4) is 0 Å². The third-order valence-corrected chi connectivity index (χ3v) is 5.51. The number of nitrogens with zero attached hydrogens (tertiary/aromatic N) is 3. The van der Waals surface area contributed by atoms with Crippen LogP contribution in [0.5, 0.6) is 5.75 Å². The lowest BCUT2D eigenvalue weighted by molar-refractivity contribution is -0.179. The number of halogens is 3. The number of amides is 2. The molecule has 0 aliphatic carbocycles. The SMILES string of the molecule is CN1C(=O)[C@@H](c2nc(C(N)=O)c3n2CCC(C(F)(F)F)C3)COc2ccccc21. The number of carbonyl (C=O) groups is 2. The fraction of sp³-hybridized carbons (Fsp3) is 0.421. The molecular weight excluding hydrogens is 389 g/mol. The fourth-order valence-electron chi connectivity index (χ4n) is 3.96. The molecule has 0 saturated heterocycles. The van der Waals surface area contributed by atoms with E-state index in [1.54, 1.807) is 31.3 Å². The molecule has 0 fully saturated rings. The van der Waals surface area contributed by atoms with Gasteiger partial charge in [-0.3, -0.25) is 9.59 Å². The molecule has 0 bridgehead atoms. The van der Waals surface area contributed by atoms with Crippen molar-refractivity contribution < 1.29 is 27.5 Å². The van der Waals surface area contributed by atoms with Crippen LogP contribution in [0.1, 0.15) is 34.3 Å². The Morgan fingerprint density at radius 1 is 1.31 bits per heavy atom. The number of fused-ring (bicyclic) bond motifs is 2. The first kappa shape index (κ1) is 19.3. The highest BCUT2D eigenvalue weighted by Crippen LogP contribution is 2.39. The fourth-order valence-corrected chi connectivity index (χ4v) is 3.96. The van der Waals surface area contributed by atoms with E-state index in [0.29, 0.717) is 11.4 Å². The molecule has 2 aliphatic heterocycles. The van der Waals surface area contributed by atoms with Crippen molar-refractivity contribution in [2.75, 3.05) is 18.6 Å². The van der Waals surface area contributed by atoms with Gasteiger partial charge in [0.1, 0.15) is 29.8 Å². The first-order valence-electron chi connectivity index (χ1n) is 9.13. The van der Waals surface area contributed by atoms with Gasteiger partial charge in [0.2, 0.25) is 5.91 Å². The number of hydrogen-bond donors (Lipinski definition) is 1. The summed E-state index contributed by atoms with van der Waals surface area (Å²) in [7, 11) is 1.59. The third-order valence-electron chi connectivity index (χ3n) is 5.51. The smallest absolute Gasteiger partial charge is 0.392 e. The second-order valence-electron chi connectivity index (χ2n) is 7.24. The molecule has 2 amide bonds. The molecule has 2 aliphatic rings. The first-order valence-corrected chi connectivity index (χ1v) is 9.13. The maximum Gasteiger partial charge on any atom is 0.392 e. The highest BCUT2D eigenvalue weighted by Gasteiger charge is 2.44. The molecule has 1 unspecified atom stereocenters. The summed E-state index contributed by atoms with van der Waals surface area (Å²) in [5.74, 6) is -2.96. The lowest BCUT2D eigenvalue weighted by Crippen LogP contribution is -2.36. The van der Waals surface area contributed by atoms with Crippen LogP contribution in [0.25, 0.3) is 0 Å². The minimum Gasteiger partial charge on any atom is -0.490 e. The van der Waals surface area contributed by atoms with Crippen LogP contribution in [-0.4, -0.2) is 41.2 Å². The number of para-hydroxylation sites is 2. The minimum atomic E-state index is -4.38. The number of aromatic nitrogens is 2. The van der Waals surface area contributed by atoms with E-state index in [4.69, 9.17) is 10.5 Å². The van der Waals surface area contributed by atoms with Crippen molar-refractivity contribution in [3.05, 3.63) is 41.5 Å². The van der Waals surface area contributed by atoms with Crippen LogP contribution in [0, 0.1) is 5.92 Å². The number of carbonyl (C=O) groups excluding carboxylic acids is 2. The van der Waals surface area contributed by atoms with Gasteiger partial charge in [0, 0.05) is 20.0 Å². The van der Waals surface area contributed by atoms with Crippen LogP contribution in [0.2, 0.25) is 0 Å². The molecule has 154 valence electrons. The van der Waals surface area contributed by atoms with Crippen LogP contribution in [-0.2, 0) is 17.8 Å². The molecular formula is C19H19F3N4O3. The number of alkyl halides is 3. The molecule has 0 radical (unpaired) electrons. The lowest BCUT2D eigenvalue weighted by atomic mass is 9.94. The number of imidazole rings is 1. The van der Waals surface area contributed by atoms with Crippen molar-refractivity contribution in [3.63, 3.8) is 0 Å². The van der Waals surface area contributed by atoms with Crippen molar-refractivity contribution in [3.8, 4) is 5.75 Å². The molecule has 1 aromatic heterocycles. The van der Waals surface area contributed by atoms with Gasteiger partial charge < -0.3 is 19.9 Å². The maximum atomic E-state index is 13.2. The Bertz CT molecular complexity index is 986. The highest BCUT2D eigenvalue weighted by molar-refractivity contribution is 5.99. The van der Waals surface area contributed by atoms with E-state index in [1.165, 1.54) is 9.47 Å². The van der Waals surface area contributed by atoms with Crippen molar-refractivity contribution in [2.24, 2.45) is 11.7 Å². The average molecular weight is 408 g/mol. The Labute approximate surface area is 164 Å². The second-order valence-corrected chi connectivity index (χ2v) is 7.24. The molecule has 3 heterocycles. The van der Waals surface area contributed by atoms with Gasteiger partial charge >= 0.3 is 6.18 Å². The van der Waals surface area contributed by atoms with E-state index in [1.807, 2.05) is 0 Å². The normalized spacial score (nSPS) is 21.8. The van der Waals surface area contributed by atoms with Gasteiger partial charge in [0.15, 0.2) is 0 Å². The molecule has 1 aromatic carbocycles. The van der Waals surface area contributed by atoms with E-state index < -0.39 is 30.3 Å². The minimum absolute atomic E-state index is 0.00440. The summed E-state index contributed by atoms with van der Waals surface area (Å²) in [6, 6.07) is 7.01. The Kier molecular flexibility index (Phi) is 4.51. The van der Waals surface area contributed by atoms with E-state index in [0.717, 1.165) is 0 Å². The predicted molar refractivity (Wildman–Crippen MR) is 96.7 cm³/mol. The van der Waals surface area contributed by atoms with E-state index >= 15 is 0 Å². The van der Waals surface area contributed by atoms with Crippen molar-refractivity contribution in [2.45, 2.75) is 31.5 Å². The van der Waals surface area contributed by atoms with Gasteiger partial charge in [-0.15, -0.1) is 0 Å². The summed E-state index contributed by atoms with van der Waals surface area (Å²) >= 11 is 0. The van der Waals surface area contributed by atoms with Crippen molar-refractivity contribution in [1.82, 2.24) is 9.55 Å². The Balaban J connectivity index is 1.75. The summed E-state index contributed by atoms with van der Waals surface area (Å²) in [6.07, 6.45) is -4.93. The van der Waals surface area contributed by atoms with Gasteiger partial charge in [0.25, 0.3) is 5.91 Å². The number of ether oxygens (including phenoxy) is 1. The average Bonchev–Trinajstić information content (AvgIpc) is 3.00. The Morgan fingerprint density at radius 3 is 2.72 bits per heavy atom. The van der Waals surface area contributed by atoms with Crippen LogP contribution < -0.4 is 15.4 Å². The maximum absolute atomic E-state index is 13.2. The van der Waals surface area contributed by atoms with Gasteiger partial charge in [0.05, 0.1) is 17.3 Å². The molecule has 2 atom stereocenters. The van der Waals surface area contributed by atoms with Gasteiger partial charge in [-0.2, -0.15) is 13.2 Å². The number of likely N-dealkylation sites (N-methyl/N-ethyl adjacent to an activating group) is 1. The summed E-state index contributed by atoms with van der Waals surface area (Å²) in [5.41, 5.74) is 5.86. The summed E-state index contributed by atoms with van der Waals surface area (Å²) in [6.45, 7) is -0.0485. The molecule has 10 heteroatoms. The zero-order valence-corrected chi connectivity index (χ0v) is 15.6. The van der Waals surface area contributed by atoms with Gasteiger partial charge in [-0.05, 0) is 18.6 Å². The monoisotopic (exact) mass is 408 g/mol. The number of nitrogens with two attached hydrogens (primary N) is 1. The van der Waals surface area contributed by atoms with Crippen LogP contribution >= 0.6 is 0 Å². The molecule has 29 heavy (non-hydrogen) atoms. The van der Waals surface area contributed by atoms with Gasteiger partial charge in [-0.1, -0.05) is 12.1 Å². The highest BCUT2D eigenvalue weighted by atomic mass is 19.4.